The van der Waals surface area contributed by atoms with Gasteiger partial charge in [0.15, 0.2) is 0 Å². The van der Waals surface area contributed by atoms with Crippen molar-refractivity contribution in [2.75, 3.05) is 10.7 Å². The highest BCUT2D eigenvalue weighted by Crippen LogP contribution is 2.36. The zero-order valence-corrected chi connectivity index (χ0v) is 16.0. The van der Waals surface area contributed by atoms with Gasteiger partial charge in [0.25, 0.3) is 0 Å². The van der Waals surface area contributed by atoms with Crippen LogP contribution in [0.5, 0.6) is 0 Å². The quantitative estimate of drug-likeness (QED) is 0.460. The van der Waals surface area contributed by atoms with E-state index in [9.17, 15) is 4.79 Å². The van der Waals surface area contributed by atoms with Crippen LogP contribution in [0.2, 0.25) is 0 Å². The molecule has 5 nitrogen and oxygen atoms in total. The number of aryl methyl sites for hydroxylation is 1. The third-order valence-corrected chi connectivity index (χ3v) is 4.53. The van der Waals surface area contributed by atoms with Crippen LogP contribution in [0, 0.1) is 6.92 Å². The van der Waals surface area contributed by atoms with E-state index in [1.54, 1.807) is 6.21 Å². The van der Waals surface area contributed by atoms with Gasteiger partial charge in [-0.2, -0.15) is 5.10 Å². The summed E-state index contributed by atoms with van der Waals surface area (Å²) in [6.45, 7) is 3.52. The molecule has 0 atom stereocenters. The first-order valence-electron chi connectivity index (χ1n) is 8.48. The fourth-order valence-corrected chi connectivity index (χ4v) is 3.26. The summed E-state index contributed by atoms with van der Waals surface area (Å²) in [4.78, 5) is 16.1. The summed E-state index contributed by atoms with van der Waals surface area (Å²) in [5.74, 6) is -0.132. The van der Waals surface area contributed by atoms with Crippen LogP contribution >= 0.6 is 11.3 Å². The number of amides is 1. The van der Waals surface area contributed by atoms with Crippen LogP contribution in [0.1, 0.15) is 18.1 Å². The van der Waals surface area contributed by atoms with Crippen molar-refractivity contribution in [3.8, 4) is 11.3 Å². The van der Waals surface area contributed by atoms with E-state index in [-0.39, 0.29) is 5.91 Å². The number of carbonyl (C=O) groups is 1. The molecule has 2 aromatic carbocycles. The summed E-state index contributed by atoms with van der Waals surface area (Å²) >= 11 is 1.35. The molecule has 0 saturated heterocycles. The maximum atomic E-state index is 11.5. The Morgan fingerprint density at radius 1 is 1.11 bits per heavy atom. The van der Waals surface area contributed by atoms with Crippen LogP contribution in [0.4, 0.5) is 10.1 Å². The summed E-state index contributed by atoms with van der Waals surface area (Å²) in [5, 5.41) is 8.32. The Labute approximate surface area is 162 Å². The van der Waals surface area contributed by atoms with Crippen LogP contribution in [0.25, 0.3) is 17.3 Å². The second kappa shape index (κ2) is 8.91. The summed E-state index contributed by atoms with van der Waals surface area (Å²) in [6.07, 6.45) is 5.48. The standard InChI is InChI=1S/C21H20N4OS/c1-15-10-12-18(13-11-15)19-20(23-16(2)26)27-21(24-19)25-22-14-6-9-17-7-4-3-5-8-17/h3-14H,1-2H3,(H,23,26)(H,24,25)/b9-6+,22-14-. The van der Waals surface area contributed by atoms with E-state index in [0.717, 1.165) is 16.8 Å². The predicted octanol–water partition coefficient (Wildman–Crippen LogP) is 5.19. The zero-order valence-electron chi connectivity index (χ0n) is 15.1. The van der Waals surface area contributed by atoms with Gasteiger partial charge < -0.3 is 5.32 Å². The Bertz CT molecular complexity index is 960. The smallest absolute Gasteiger partial charge is 0.221 e. The van der Waals surface area contributed by atoms with Crippen molar-refractivity contribution < 1.29 is 4.79 Å². The number of aromatic nitrogens is 1. The number of benzene rings is 2. The number of anilines is 2. The number of hydrogen-bond donors (Lipinski definition) is 2. The topological polar surface area (TPSA) is 66.4 Å². The molecule has 6 heteroatoms. The average molecular weight is 376 g/mol. The van der Waals surface area contributed by atoms with E-state index in [4.69, 9.17) is 0 Å². The first kappa shape index (κ1) is 18.5. The summed E-state index contributed by atoms with van der Waals surface area (Å²) in [7, 11) is 0. The lowest BCUT2D eigenvalue weighted by Crippen LogP contribution is -2.05. The number of rotatable bonds is 6. The first-order chi connectivity index (χ1) is 13.1. The van der Waals surface area contributed by atoms with Gasteiger partial charge in [-0.25, -0.2) is 4.98 Å². The number of allylic oxidation sites excluding steroid dienone is 1. The maximum Gasteiger partial charge on any atom is 0.221 e. The second-order valence-electron chi connectivity index (χ2n) is 5.90. The Kier molecular flexibility index (Phi) is 6.12. The molecule has 3 rings (SSSR count). The number of hydrazone groups is 1. The predicted molar refractivity (Wildman–Crippen MR) is 114 cm³/mol. The number of carbonyl (C=O) groups excluding carboxylic acids is 1. The van der Waals surface area contributed by atoms with Crippen LogP contribution in [-0.4, -0.2) is 17.1 Å². The fraction of sp³-hybridized carbons (Fsp3) is 0.0952. The molecule has 0 aliphatic heterocycles. The minimum atomic E-state index is -0.132. The van der Waals surface area contributed by atoms with Gasteiger partial charge in [-0.3, -0.25) is 10.2 Å². The van der Waals surface area contributed by atoms with Crippen molar-refractivity contribution in [3.63, 3.8) is 0 Å². The normalized spacial score (nSPS) is 11.2. The summed E-state index contributed by atoms with van der Waals surface area (Å²) in [5.41, 5.74) is 6.87. The van der Waals surface area contributed by atoms with Crippen molar-refractivity contribution in [3.05, 3.63) is 71.8 Å². The van der Waals surface area contributed by atoms with Gasteiger partial charge in [0.2, 0.25) is 11.0 Å². The van der Waals surface area contributed by atoms with E-state index in [2.05, 4.69) is 20.8 Å². The minimum Gasteiger partial charge on any atom is -0.316 e. The molecular formula is C21H20N4OS. The van der Waals surface area contributed by atoms with Crippen molar-refractivity contribution >= 4 is 39.7 Å². The Hall–Kier alpha value is -3.25. The molecule has 27 heavy (non-hydrogen) atoms. The van der Waals surface area contributed by atoms with Crippen molar-refractivity contribution in [1.82, 2.24) is 4.98 Å². The van der Waals surface area contributed by atoms with E-state index in [1.807, 2.05) is 73.7 Å². The lowest BCUT2D eigenvalue weighted by Gasteiger charge is -2.02. The molecule has 3 aromatic rings. The summed E-state index contributed by atoms with van der Waals surface area (Å²) < 4.78 is 0. The molecule has 0 spiro atoms. The fourth-order valence-electron chi connectivity index (χ4n) is 2.37. The first-order valence-corrected chi connectivity index (χ1v) is 9.30. The average Bonchev–Trinajstić information content (AvgIpc) is 3.05. The number of hydrogen-bond acceptors (Lipinski definition) is 5. The van der Waals surface area contributed by atoms with Crippen molar-refractivity contribution in [2.45, 2.75) is 13.8 Å². The molecule has 1 heterocycles. The van der Waals surface area contributed by atoms with Gasteiger partial charge in [-0.1, -0.05) is 77.6 Å². The molecule has 2 N–H and O–H groups in total. The zero-order chi connectivity index (χ0) is 19.1. The molecule has 0 fully saturated rings. The van der Waals surface area contributed by atoms with Gasteiger partial charge >= 0.3 is 0 Å². The highest BCUT2D eigenvalue weighted by molar-refractivity contribution is 7.20. The molecule has 0 unspecified atom stereocenters. The van der Waals surface area contributed by atoms with Crippen LogP contribution < -0.4 is 10.7 Å². The lowest BCUT2D eigenvalue weighted by atomic mass is 10.1. The molecule has 0 aliphatic rings. The van der Waals surface area contributed by atoms with Gasteiger partial charge in [0.1, 0.15) is 10.7 Å². The Morgan fingerprint density at radius 2 is 1.85 bits per heavy atom. The van der Waals surface area contributed by atoms with E-state index in [0.29, 0.717) is 10.1 Å². The van der Waals surface area contributed by atoms with Gasteiger partial charge in [0.05, 0.1) is 0 Å². The van der Waals surface area contributed by atoms with Crippen LogP contribution in [0.15, 0.2) is 65.8 Å². The number of nitrogens with one attached hydrogen (secondary N) is 2. The molecule has 0 saturated carbocycles. The highest BCUT2D eigenvalue weighted by Gasteiger charge is 2.14. The van der Waals surface area contributed by atoms with Gasteiger partial charge in [0, 0.05) is 18.7 Å². The molecule has 0 aliphatic carbocycles. The van der Waals surface area contributed by atoms with E-state index >= 15 is 0 Å². The van der Waals surface area contributed by atoms with Crippen molar-refractivity contribution in [2.24, 2.45) is 5.10 Å². The van der Waals surface area contributed by atoms with Gasteiger partial charge in [-0.15, -0.1) is 0 Å². The third kappa shape index (κ3) is 5.36. The third-order valence-electron chi connectivity index (χ3n) is 3.65. The summed E-state index contributed by atoms with van der Waals surface area (Å²) in [6, 6.07) is 18.0. The Balaban J connectivity index is 1.73. The SMILES string of the molecule is CC(=O)Nc1sc(N/N=C\C=C\c2ccccc2)nc1-c1ccc(C)cc1. The number of thiazole rings is 1. The molecule has 1 aromatic heterocycles. The van der Waals surface area contributed by atoms with Crippen molar-refractivity contribution in [1.29, 1.82) is 0 Å². The van der Waals surface area contributed by atoms with Crippen LogP contribution in [-0.2, 0) is 4.79 Å². The maximum absolute atomic E-state index is 11.5. The monoisotopic (exact) mass is 376 g/mol. The highest BCUT2D eigenvalue weighted by atomic mass is 32.1. The van der Waals surface area contributed by atoms with Gasteiger partial charge in [-0.05, 0) is 18.6 Å². The largest absolute Gasteiger partial charge is 0.316 e. The molecule has 136 valence electrons. The molecule has 0 radical (unpaired) electrons. The number of nitrogens with zero attached hydrogens (tertiary/aromatic N) is 2. The Morgan fingerprint density at radius 3 is 2.56 bits per heavy atom. The molecular weight excluding hydrogens is 356 g/mol. The second-order valence-corrected chi connectivity index (χ2v) is 6.90. The van der Waals surface area contributed by atoms with Crippen LogP contribution in [0.3, 0.4) is 0 Å². The van der Waals surface area contributed by atoms with E-state index < -0.39 is 0 Å². The molecule has 0 bridgehead atoms. The minimum absolute atomic E-state index is 0.132. The lowest BCUT2D eigenvalue weighted by molar-refractivity contribution is -0.114. The molecule has 1 amide bonds. The van der Waals surface area contributed by atoms with E-state index in [1.165, 1.54) is 23.8 Å².